The summed E-state index contributed by atoms with van der Waals surface area (Å²) in [5, 5.41) is 0. The van der Waals surface area contributed by atoms with E-state index in [0.717, 1.165) is 55.1 Å². The molecule has 0 saturated carbocycles. The average Bonchev–Trinajstić information content (AvgIpc) is 2.90. The van der Waals surface area contributed by atoms with Crippen LogP contribution >= 0.6 is 0 Å². The Morgan fingerprint density at radius 2 is 1.72 bits per heavy atom. The molecular formula is C33H44N6. The predicted molar refractivity (Wildman–Crippen MR) is 166 cm³/mol. The van der Waals surface area contributed by atoms with Gasteiger partial charge in [0.15, 0.2) is 0 Å². The number of amidine groups is 1. The zero-order valence-electron chi connectivity index (χ0n) is 24.2. The molecular weight excluding hydrogens is 480 g/mol. The second-order valence-corrected chi connectivity index (χ2v) is 11.2. The molecule has 1 fully saturated rings. The van der Waals surface area contributed by atoms with E-state index in [1.807, 2.05) is 43.4 Å². The molecule has 1 saturated heterocycles. The number of nitrogens with two attached hydrogens (primary N) is 2. The van der Waals surface area contributed by atoms with Crippen molar-refractivity contribution in [1.29, 1.82) is 0 Å². The molecule has 0 aliphatic carbocycles. The molecule has 0 spiro atoms. The van der Waals surface area contributed by atoms with E-state index < -0.39 is 0 Å². The van der Waals surface area contributed by atoms with Crippen LogP contribution in [0, 0.1) is 12.3 Å². The van der Waals surface area contributed by atoms with Crippen molar-refractivity contribution in [3.8, 4) is 0 Å². The Morgan fingerprint density at radius 1 is 1.05 bits per heavy atom. The lowest BCUT2D eigenvalue weighted by molar-refractivity contribution is 0.148. The van der Waals surface area contributed by atoms with Gasteiger partial charge in [-0.15, -0.1) is 0 Å². The first-order valence-corrected chi connectivity index (χ1v) is 13.5. The maximum atomic E-state index is 6.42. The monoisotopic (exact) mass is 524 g/mol. The fourth-order valence-electron chi connectivity index (χ4n) is 4.14. The van der Waals surface area contributed by atoms with Gasteiger partial charge in [-0.2, -0.15) is 0 Å². The van der Waals surface area contributed by atoms with Gasteiger partial charge in [0.2, 0.25) is 0 Å². The van der Waals surface area contributed by atoms with Crippen LogP contribution in [0.1, 0.15) is 43.3 Å². The molecule has 3 rings (SSSR count). The van der Waals surface area contributed by atoms with Crippen LogP contribution in [0.4, 0.5) is 0 Å². The summed E-state index contributed by atoms with van der Waals surface area (Å²) in [4.78, 5) is 14.2. The van der Waals surface area contributed by atoms with Gasteiger partial charge in [-0.3, -0.25) is 4.90 Å². The quantitative estimate of drug-likeness (QED) is 0.259. The van der Waals surface area contributed by atoms with Crippen LogP contribution in [0.15, 0.2) is 102 Å². The van der Waals surface area contributed by atoms with Crippen molar-refractivity contribution in [2.75, 3.05) is 33.2 Å². The number of piperazine rings is 1. The van der Waals surface area contributed by atoms with E-state index in [9.17, 15) is 0 Å². The number of hydrogen-bond acceptors (Lipinski definition) is 5. The molecule has 1 aromatic heterocycles. The third-order valence-electron chi connectivity index (χ3n) is 6.96. The highest BCUT2D eigenvalue weighted by Gasteiger charge is 2.16. The molecule has 1 aliphatic rings. The van der Waals surface area contributed by atoms with Crippen LogP contribution in [0.2, 0.25) is 0 Å². The van der Waals surface area contributed by atoms with Gasteiger partial charge < -0.3 is 16.4 Å². The van der Waals surface area contributed by atoms with Crippen LogP contribution in [0.3, 0.4) is 0 Å². The Labute approximate surface area is 234 Å². The smallest absolute Gasteiger partial charge is 0.150 e. The Morgan fingerprint density at radius 3 is 2.28 bits per heavy atom. The fourth-order valence-corrected chi connectivity index (χ4v) is 4.14. The largest absolute Gasteiger partial charge is 0.404 e. The average molecular weight is 525 g/mol. The van der Waals surface area contributed by atoms with Gasteiger partial charge in [-0.25, -0.2) is 9.98 Å². The van der Waals surface area contributed by atoms with E-state index in [1.54, 1.807) is 6.20 Å². The van der Waals surface area contributed by atoms with Gasteiger partial charge in [0.25, 0.3) is 0 Å². The number of aromatic nitrogens is 1. The van der Waals surface area contributed by atoms with Gasteiger partial charge in [0, 0.05) is 50.2 Å². The summed E-state index contributed by atoms with van der Waals surface area (Å²) in [6.45, 7) is 22.0. The van der Waals surface area contributed by atoms with Gasteiger partial charge in [0.1, 0.15) is 11.5 Å². The van der Waals surface area contributed by atoms with Crippen molar-refractivity contribution < 1.29 is 0 Å². The van der Waals surface area contributed by atoms with Crippen molar-refractivity contribution in [1.82, 2.24) is 14.8 Å². The zero-order chi connectivity index (χ0) is 28.6. The summed E-state index contributed by atoms with van der Waals surface area (Å²) >= 11 is 0. The summed E-state index contributed by atoms with van der Waals surface area (Å²) < 4.78 is 0. The molecule has 1 aliphatic heterocycles. The summed E-state index contributed by atoms with van der Waals surface area (Å²) in [5.41, 5.74) is 19.4. The van der Waals surface area contributed by atoms with E-state index >= 15 is 0 Å². The summed E-state index contributed by atoms with van der Waals surface area (Å²) in [7, 11) is 2.18. The van der Waals surface area contributed by atoms with Crippen molar-refractivity contribution in [2.24, 2.45) is 21.9 Å². The highest BCUT2D eigenvalue weighted by atomic mass is 15.2. The van der Waals surface area contributed by atoms with Crippen molar-refractivity contribution in [3.63, 3.8) is 0 Å². The Kier molecular flexibility index (Phi) is 10.2. The molecule has 6 heteroatoms. The molecule has 2 heterocycles. The number of aryl methyl sites for hydroxylation is 1. The van der Waals surface area contributed by atoms with Crippen molar-refractivity contribution in [2.45, 2.75) is 34.2 Å². The molecule has 4 N–H and O–H groups in total. The van der Waals surface area contributed by atoms with Crippen LogP contribution in [-0.4, -0.2) is 53.8 Å². The van der Waals surface area contributed by atoms with E-state index in [-0.39, 0.29) is 5.41 Å². The summed E-state index contributed by atoms with van der Waals surface area (Å²) in [5.74, 6) is 0.313. The Balaban J connectivity index is 1.93. The number of rotatable bonds is 9. The molecule has 0 unspecified atom stereocenters. The minimum Gasteiger partial charge on any atom is -0.404 e. The minimum absolute atomic E-state index is 0.151. The standard InChI is InChI=1S/C33H44N6/c1-8-27(28-14-12-26(13-15-28)23-39-18-16-38(7)17-19-39)21-29(22-34)31(20-24(2)33(4,5)6)37-32(35)30-11-9-10-25(3)36-30/h8-15,20-22H,1-2,16-19,23,34H2,3-7H3,(H2,35,37)/b27-21+,29-22+,31-20-. The van der Waals surface area contributed by atoms with E-state index in [0.29, 0.717) is 22.8 Å². The molecule has 39 heavy (non-hydrogen) atoms. The lowest BCUT2D eigenvalue weighted by Crippen LogP contribution is -2.43. The van der Waals surface area contributed by atoms with E-state index in [1.165, 1.54) is 5.56 Å². The molecule has 0 radical (unpaired) electrons. The molecule has 6 nitrogen and oxygen atoms in total. The van der Waals surface area contributed by atoms with E-state index in [2.05, 4.69) is 80.0 Å². The number of pyridine rings is 1. The summed E-state index contributed by atoms with van der Waals surface area (Å²) in [6.07, 6.45) is 7.32. The normalized spacial score (nSPS) is 16.8. The maximum Gasteiger partial charge on any atom is 0.150 e. The zero-order valence-corrected chi connectivity index (χ0v) is 24.2. The maximum absolute atomic E-state index is 6.42. The van der Waals surface area contributed by atoms with Crippen molar-refractivity contribution >= 4 is 11.4 Å². The topological polar surface area (TPSA) is 83.8 Å². The van der Waals surface area contributed by atoms with Crippen LogP contribution in [0.25, 0.3) is 5.57 Å². The van der Waals surface area contributed by atoms with Gasteiger partial charge >= 0.3 is 0 Å². The lowest BCUT2D eigenvalue weighted by atomic mass is 9.86. The first-order chi connectivity index (χ1) is 18.5. The Bertz CT molecular complexity index is 1280. The third-order valence-corrected chi connectivity index (χ3v) is 6.96. The highest BCUT2D eigenvalue weighted by Crippen LogP contribution is 2.29. The minimum atomic E-state index is -0.151. The first kappa shape index (κ1) is 29.8. The fraction of sp³-hybridized carbons (Fsp3) is 0.333. The second-order valence-electron chi connectivity index (χ2n) is 11.2. The predicted octanol–water partition coefficient (Wildman–Crippen LogP) is 5.44. The van der Waals surface area contributed by atoms with Crippen LogP contribution in [0.5, 0.6) is 0 Å². The molecule has 206 valence electrons. The van der Waals surface area contributed by atoms with Crippen molar-refractivity contribution in [3.05, 3.63) is 119 Å². The number of allylic oxidation sites excluding steroid dienone is 5. The number of aliphatic imine (C=N–C) groups is 1. The van der Waals surface area contributed by atoms with Gasteiger partial charge in [-0.05, 0) is 65.9 Å². The van der Waals surface area contributed by atoms with Gasteiger partial charge in [-0.1, -0.05) is 70.3 Å². The van der Waals surface area contributed by atoms with Crippen LogP contribution < -0.4 is 11.5 Å². The molecule has 0 bridgehead atoms. The number of likely N-dealkylation sites (N-methyl/N-ethyl adjacent to an activating group) is 1. The third kappa shape index (κ3) is 8.63. The highest BCUT2D eigenvalue weighted by molar-refractivity contribution is 5.96. The Hall–Kier alpha value is -3.74. The van der Waals surface area contributed by atoms with Crippen LogP contribution in [-0.2, 0) is 6.54 Å². The molecule has 0 amide bonds. The number of benzene rings is 1. The van der Waals surface area contributed by atoms with Gasteiger partial charge in [0.05, 0.1) is 5.70 Å². The molecule has 2 aromatic rings. The first-order valence-electron chi connectivity index (χ1n) is 13.5. The second kappa shape index (κ2) is 13.4. The number of hydrogen-bond donors (Lipinski definition) is 2. The summed E-state index contributed by atoms with van der Waals surface area (Å²) in [6, 6.07) is 14.3. The van der Waals surface area contributed by atoms with E-state index in [4.69, 9.17) is 16.5 Å². The lowest BCUT2D eigenvalue weighted by Gasteiger charge is -2.32. The molecule has 1 aromatic carbocycles. The SMILES string of the molecule is C=C\C(=C/C(=C\N)C(=C/C(=C)C(C)(C)C)/N=C(N)c1cccc(C)n1)c1ccc(CN2CCN(C)CC2)cc1. The molecule has 0 atom stereocenters. The number of nitrogens with zero attached hydrogens (tertiary/aromatic N) is 4.